The van der Waals surface area contributed by atoms with Crippen LogP contribution in [0.15, 0.2) is 42.5 Å². The normalized spacial score (nSPS) is 16.4. The molecule has 0 unspecified atom stereocenters. The molecule has 1 aliphatic carbocycles. The highest BCUT2D eigenvalue weighted by atomic mass is 35.5. The van der Waals surface area contributed by atoms with Gasteiger partial charge in [0.1, 0.15) is 0 Å². The van der Waals surface area contributed by atoms with Crippen molar-refractivity contribution in [1.82, 2.24) is 4.90 Å². The predicted molar refractivity (Wildman–Crippen MR) is 95.2 cm³/mol. The van der Waals surface area contributed by atoms with Gasteiger partial charge >= 0.3 is 0 Å². The van der Waals surface area contributed by atoms with Crippen molar-refractivity contribution in [2.75, 3.05) is 18.9 Å². The van der Waals surface area contributed by atoms with E-state index in [1.54, 1.807) is 18.2 Å². The number of carbonyl (C=O) groups is 1. The SMILES string of the molecule is CN(CC(=O)Nc1c(Cl)cccc1Cl)[C@@H]1CCc2ccccc21. The van der Waals surface area contributed by atoms with Gasteiger partial charge in [-0.25, -0.2) is 0 Å². The van der Waals surface area contributed by atoms with E-state index in [9.17, 15) is 4.79 Å². The molecule has 0 saturated carbocycles. The second-order valence-electron chi connectivity index (χ2n) is 5.81. The highest BCUT2D eigenvalue weighted by molar-refractivity contribution is 6.39. The summed E-state index contributed by atoms with van der Waals surface area (Å²) in [6, 6.07) is 13.9. The van der Waals surface area contributed by atoms with Gasteiger partial charge in [0.15, 0.2) is 0 Å². The zero-order chi connectivity index (χ0) is 16.4. The summed E-state index contributed by atoms with van der Waals surface area (Å²) in [5, 5.41) is 3.70. The van der Waals surface area contributed by atoms with Crippen LogP contribution < -0.4 is 5.32 Å². The van der Waals surface area contributed by atoms with E-state index in [4.69, 9.17) is 23.2 Å². The average Bonchev–Trinajstić information content (AvgIpc) is 2.95. The Labute approximate surface area is 146 Å². The molecule has 2 aromatic rings. The van der Waals surface area contributed by atoms with Crippen LogP contribution in [-0.4, -0.2) is 24.4 Å². The first kappa shape index (κ1) is 16.3. The first-order valence-corrected chi connectivity index (χ1v) is 8.34. The third kappa shape index (κ3) is 3.52. The van der Waals surface area contributed by atoms with E-state index < -0.39 is 0 Å². The monoisotopic (exact) mass is 348 g/mol. The Morgan fingerprint density at radius 1 is 1.17 bits per heavy atom. The van der Waals surface area contributed by atoms with Crippen LogP contribution in [0.5, 0.6) is 0 Å². The molecule has 1 aliphatic rings. The third-order valence-electron chi connectivity index (χ3n) is 4.25. The van der Waals surface area contributed by atoms with Crippen molar-refractivity contribution in [2.24, 2.45) is 0 Å². The van der Waals surface area contributed by atoms with Gasteiger partial charge in [-0.05, 0) is 43.1 Å². The van der Waals surface area contributed by atoms with Gasteiger partial charge in [0, 0.05) is 6.04 Å². The number of likely N-dealkylation sites (N-methyl/N-ethyl adjacent to an activating group) is 1. The van der Waals surface area contributed by atoms with Gasteiger partial charge in [0.2, 0.25) is 5.91 Å². The summed E-state index contributed by atoms with van der Waals surface area (Å²) in [4.78, 5) is 14.4. The van der Waals surface area contributed by atoms with Crippen molar-refractivity contribution >= 4 is 34.8 Å². The fourth-order valence-electron chi connectivity index (χ4n) is 3.13. The van der Waals surface area contributed by atoms with Gasteiger partial charge in [-0.3, -0.25) is 9.69 Å². The molecule has 0 aliphatic heterocycles. The van der Waals surface area contributed by atoms with Gasteiger partial charge in [-0.1, -0.05) is 53.5 Å². The van der Waals surface area contributed by atoms with Crippen molar-refractivity contribution in [3.05, 3.63) is 63.6 Å². The number of rotatable bonds is 4. The Morgan fingerprint density at radius 2 is 1.87 bits per heavy atom. The molecular weight excluding hydrogens is 331 g/mol. The molecule has 0 saturated heterocycles. The quantitative estimate of drug-likeness (QED) is 0.878. The van der Waals surface area contributed by atoms with Crippen molar-refractivity contribution in [3.8, 4) is 0 Å². The van der Waals surface area contributed by atoms with Crippen molar-refractivity contribution in [1.29, 1.82) is 0 Å². The van der Waals surface area contributed by atoms with Crippen LogP contribution in [0, 0.1) is 0 Å². The molecule has 5 heteroatoms. The molecule has 1 amide bonds. The molecule has 3 nitrogen and oxygen atoms in total. The van der Waals surface area contributed by atoms with E-state index in [1.165, 1.54) is 11.1 Å². The van der Waals surface area contributed by atoms with Crippen molar-refractivity contribution in [2.45, 2.75) is 18.9 Å². The molecule has 3 rings (SSSR count). The van der Waals surface area contributed by atoms with Crippen LogP contribution in [0.3, 0.4) is 0 Å². The Morgan fingerprint density at radius 3 is 2.61 bits per heavy atom. The van der Waals surface area contributed by atoms with Gasteiger partial charge in [0.05, 0.1) is 22.3 Å². The standard InChI is InChI=1S/C18H18Cl2N2O/c1-22(16-10-9-12-5-2-3-6-13(12)16)11-17(23)21-18-14(19)7-4-8-15(18)20/h2-8,16H,9-11H2,1H3,(H,21,23)/t16-/m1/s1. The smallest absolute Gasteiger partial charge is 0.238 e. The minimum absolute atomic E-state index is 0.119. The maximum Gasteiger partial charge on any atom is 0.238 e. The Bertz CT molecular complexity index is 712. The first-order valence-electron chi connectivity index (χ1n) is 7.58. The van der Waals surface area contributed by atoms with E-state index in [-0.39, 0.29) is 11.9 Å². The van der Waals surface area contributed by atoms with E-state index in [0.717, 1.165) is 12.8 Å². The number of hydrogen-bond donors (Lipinski definition) is 1. The van der Waals surface area contributed by atoms with Gasteiger partial charge < -0.3 is 5.32 Å². The summed E-state index contributed by atoms with van der Waals surface area (Å²) in [6.07, 6.45) is 2.10. The molecule has 0 spiro atoms. The van der Waals surface area contributed by atoms with Crippen LogP contribution in [0.25, 0.3) is 0 Å². The van der Waals surface area contributed by atoms with E-state index in [1.807, 2.05) is 7.05 Å². The maximum atomic E-state index is 12.3. The second-order valence-corrected chi connectivity index (χ2v) is 6.63. The van der Waals surface area contributed by atoms with Crippen LogP contribution in [0.1, 0.15) is 23.6 Å². The molecule has 2 aromatic carbocycles. The number of carbonyl (C=O) groups excluding carboxylic acids is 1. The Balaban J connectivity index is 1.67. The van der Waals surface area contributed by atoms with Crippen LogP contribution in [-0.2, 0) is 11.2 Å². The lowest BCUT2D eigenvalue weighted by molar-refractivity contribution is -0.117. The van der Waals surface area contributed by atoms with Crippen LogP contribution >= 0.6 is 23.2 Å². The minimum Gasteiger partial charge on any atom is -0.322 e. The molecular formula is C18H18Cl2N2O. The van der Waals surface area contributed by atoms with Gasteiger partial charge in [0.25, 0.3) is 0 Å². The van der Waals surface area contributed by atoms with Gasteiger partial charge in [-0.15, -0.1) is 0 Å². The average molecular weight is 349 g/mol. The highest BCUT2D eigenvalue weighted by Crippen LogP contribution is 2.35. The van der Waals surface area contributed by atoms with E-state index in [2.05, 4.69) is 34.5 Å². The zero-order valence-corrected chi connectivity index (χ0v) is 14.4. The fraction of sp³-hybridized carbons (Fsp3) is 0.278. The number of nitrogens with one attached hydrogen (secondary N) is 1. The number of benzene rings is 2. The summed E-state index contributed by atoms with van der Waals surface area (Å²) in [5.41, 5.74) is 3.17. The number of fused-ring (bicyclic) bond motifs is 1. The van der Waals surface area contributed by atoms with Crippen molar-refractivity contribution < 1.29 is 4.79 Å². The number of nitrogens with zero attached hydrogens (tertiary/aromatic N) is 1. The minimum atomic E-state index is -0.119. The summed E-state index contributed by atoms with van der Waals surface area (Å²) >= 11 is 12.2. The number of hydrogen-bond acceptors (Lipinski definition) is 2. The Kier molecular flexibility index (Phi) is 4.90. The number of anilines is 1. The summed E-state index contributed by atoms with van der Waals surface area (Å²) in [6.45, 7) is 0.292. The number of halogens is 2. The molecule has 0 fully saturated rings. The molecule has 1 N–H and O–H groups in total. The van der Waals surface area contributed by atoms with E-state index in [0.29, 0.717) is 22.3 Å². The fourth-order valence-corrected chi connectivity index (χ4v) is 3.62. The molecule has 0 radical (unpaired) electrons. The predicted octanol–water partition coefficient (Wildman–Crippen LogP) is 4.55. The lowest BCUT2D eigenvalue weighted by Crippen LogP contribution is -2.32. The lowest BCUT2D eigenvalue weighted by atomic mass is 10.1. The summed E-state index contributed by atoms with van der Waals surface area (Å²) in [5.74, 6) is -0.119. The molecule has 0 bridgehead atoms. The van der Waals surface area contributed by atoms with Crippen LogP contribution in [0.2, 0.25) is 10.0 Å². The molecule has 23 heavy (non-hydrogen) atoms. The maximum absolute atomic E-state index is 12.3. The van der Waals surface area contributed by atoms with Crippen LogP contribution in [0.4, 0.5) is 5.69 Å². The number of aryl methyl sites for hydroxylation is 1. The molecule has 0 aromatic heterocycles. The molecule has 120 valence electrons. The highest BCUT2D eigenvalue weighted by Gasteiger charge is 2.26. The van der Waals surface area contributed by atoms with Gasteiger partial charge in [-0.2, -0.15) is 0 Å². The number of amides is 1. The molecule has 0 heterocycles. The lowest BCUT2D eigenvalue weighted by Gasteiger charge is -2.24. The zero-order valence-electron chi connectivity index (χ0n) is 12.9. The van der Waals surface area contributed by atoms with E-state index >= 15 is 0 Å². The third-order valence-corrected chi connectivity index (χ3v) is 4.88. The Hall–Kier alpha value is -1.55. The largest absolute Gasteiger partial charge is 0.322 e. The topological polar surface area (TPSA) is 32.3 Å². The number of para-hydroxylation sites is 1. The van der Waals surface area contributed by atoms with Crippen molar-refractivity contribution in [3.63, 3.8) is 0 Å². The summed E-state index contributed by atoms with van der Waals surface area (Å²) in [7, 11) is 1.97. The molecule has 1 atom stereocenters. The second kappa shape index (κ2) is 6.91. The first-order chi connectivity index (χ1) is 11.1. The summed E-state index contributed by atoms with van der Waals surface area (Å²) < 4.78 is 0.